The van der Waals surface area contributed by atoms with Gasteiger partial charge in [-0.25, -0.2) is 0 Å². The van der Waals surface area contributed by atoms with E-state index in [4.69, 9.17) is 10.5 Å². The topological polar surface area (TPSA) is 64.4 Å². The number of nitrogens with one attached hydrogen (secondary N) is 1. The summed E-state index contributed by atoms with van der Waals surface area (Å²) in [4.78, 5) is 12.7. The Hall–Kier alpha value is -0.610. The van der Waals surface area contributed by atoms with Gasteiger partial charge in [0.1, 0.15) is 0 Å². The van der Waals surface area contributed by atoms with E-state index in [9.17, 15) is 4.79 Å². The zero-order chi connectivity index (χ0) is 15.2. The van der Waals surface area contributed by atoms with Crippen molar-refractivity contribution in [2.75, 3.05) is 13.2 Å². The number of nitrogens with two attached hydrogens (primary N) is 1. The third-order valence-electron chi connectivity index (χ3n) is 4.36. The van der Waals surface area contributed by atoms with Crippen LogP contribution in [-0.2, 0) is 9.53 Å². The van der Waals surface area contributed by atoms with Gasteiger partial charge in [-0.05, 0) is 39.5 Å². The molecule has 1 rings (SSSR count). The van der Waals surface area contributed by atoms with E-state index in [0.29, 0.717) is 6.54 Å². The Labute approximate surface area is 123 Å². The van der Waals surface area contributed by atoms with Gasteiger partial charge in [-0.15, -0.1) is 0 Å². The van der Waals surface area contributed by atoms with Gasteiger partial charge in [0.15, 0.2) is 0 Å². The third kappa shape index (κ3) is 4.45. The quantitative estimate of drug-likeness (QED) is 0.755. The number of hydrogen-bond donors (Lipinski definition) is 2. The van der Waals surface area contributed by atoms with E-state index in [1.165, 1.54) is 0 Å². The molecule has 0 spiro atoms. The molecule has 1 heterocycles. The first-order valence-corrected chi connectivity index (χ1v) is 8.04. The average Bonchev–Trinajstić information content (AvgIpc) is 2.37. The van der Waals surface area contributed by atoms with Crippen molar-refractivity contribution in [1.29, 1.82) is 0 Å². The fourth-order valence-corrected chi connectivity index (χ4v) is 3.30. The molecule has 1 saturated heterocycles. The Morgan fingerprint density at radius 1 is 1.35 bits per heavy atom. The molecule has 1 amide bonds. The van der Waals surface area contributed by atoms with Crippen LogP contribution in [0.4, 0.5) is 0 Å². The highest BCUT2D eigenvalue weighted by molar-refractivity contribution is 5.83. The van der Waals surface area contributed by atoms with Crippen molar-refractivity contribution >= 4 is 5.91 Å². The van der Waals surface area contributed by atoms with Crippen LogP contribution in [0.15, 0.2) is 0 Å². The van der Waals surface area contributed by atoms with Gasteiger partial charge >= 0.3 is 0 Å². The maximum Gasteiger partial charge on any atom is 0.227 e. The largest absolute Gasteiger partial charge is 0.375 e. The molecule has 0 radical (unpaired) electrons. The minimum Gasteiger partial charge on any atom is -0.375 e. The normalized spacial score (nSPS) is 22.6. The van der Waals surface area contributed by atoms with Crippen molar-refractivity contribution < 1.29 is 9.53 Å². The number of rotatable bonds is 7. The lowest BCUT2D eigenvalue weighted by Crippen LogP contribution is -2.52. The smallest absolute Gasteiger partial charge is 0.227 e. The third-order valence-corrected chi connectivity index (χ3v) is 4.36. The van der Waals surface area contributed by atoms with Crippen LogP contribution < -0.4 is 11.1 Å². The summed E-state index contributed by atoms with van der Waals surface area (Å²) in [6, 6.07) is 0.214. The standard InChI is InChI=1S/C16H32N2O2/c1-5-8-16(12-17,9-6-2)14(19)18-13-7-10-20-15(3,4)11-13/h13H,5-12,17H2,1-4H3,(H,18,19). The maximum atomic E-state index is 12.7. The number of carbonyl (C=O) groups excluding carboxylic acids is 1. The second-order valence-corrected chi connectivity index (χ2v) is 6.76. The Balaban J connectivity index is 2.70. The van der Waals surface area contributed by atoms with Crippen LogP contribution in [0.2, 0.25) is 0 Å². The number of carbonyl (C=O) groups is 1. The lowest BCUT2D eigenvalue weighted by molar-refractivity contribution is -0.134. The van der Waals surface area contributed by atoms with Crippen LogP contribution in [-0.4, -0.2) is 30.7 Å². The highest BCUT2D eigenvalue weighted by Crippen LogP contribution is 2.31. The molecule has 1 atom stereocenters. The summed E-state index contributed by atoms with van der Waals surface area (Å²) in [6.07, 6.45) is 5.49. The van der Waals surface area contributed by atoms with E-state index in [0.717, 1.165) is 45.1 Å². The first kappa shape index (κ1) is 17.4. The predicted octanol–water partition coefficient (Wildman–Crippen LogP) is 2.61. The highest BCUT2D eigenvalue weighted by Gasteiger charge is 2.38. The van der Waals surface area contributed by atoms with Crippen LogP contribution >= 0.6 is 0 Å². The Morgan fingerprint density at radius 3 is 2.40 bits per heavy atom. The minimum atomic E-state index is -0.383. The molecule has 1 aliphatic heterocycles. The average molecular weight is 284 g/mol. The van der Waals surface area contributed by atoms with E-state index in [-0.39, 0.29) is 23.0 Å². The van der Waals surface area contributed by atoms with Crippen molar-refractivity contribution in [2.45, 2.75) is 77.9 Å². The molecule has 0 aromatic heterocycles. The molecule has 1 aliphatic rings. The van der Waals surface area contributed by atoms with Crippen LogP contribution in [0.25, 0.3) is 0 Å². The molecule has 20 heavy (non-hydrogen) atoms. The van der Waals surface area contributed by atoms with Crippen LogP contribution in [0.1, 0.15) is 66.2 Å². The Bertz CT molecular complexity index is 310. The van der Waals surface area contributed by atoms with E-state index in [2.05, 4.69) is 33.0 Å². The minimum absolute atomic E-state index is 0.142. The van der Waals surface area contributed by atoms with Crippen LogP contribution in [0.5, 0.6) is 0 Å². The lowest BCUT2D eigenvalue weighted by Gasteiger charge is -2.38. The molecule has 0 aliphatic carbocycles. The summed E-state index contributed by atoms with van der Waals surface area (Å²) in [5, 5.41) is 3.24. The molecular weight excluding hydrogens is 252 g/mol. The fraction of sp³-hybridized carbons (Fsp3) is 0.938. The Morgan fingerprint density at radius 2 is 1.95 bits per heavy atom. The molecule has 4 nitrogen and oxygen atoms in total. The SMILES string of the molecule is CCCC(CN)(CCC)C(=O)NC1CCOC(C)(C)C1. The van der Waals surface area contributed by atoms with Crippen LogP contribution in [0, 0.1) is 5.41 Å². The fourth-order valence-electron chi connectivity index (χ4n) is 3.30. The molecule has 1 fully saturated rings. The molecule has 1 unspecified atom stereocenters. The van der Waals surface area contributed by atoms with Gasteiger partial charge in [-0.3, -0.25) is 4.79 Å². The summed E-state index contributed by atoms with van der Waals surface area (Å²) in [7, 11) is 0. The second-order valence-electron chi connectivity index (χ2n) is 6.76. The van der Waals surface area contributed by atoms with E-state index in [1.54, 1.807) is 0 Å². The maximum absolute atomic E-state index is 12.7. The molecule has 0 aromatic rings. The molecule has 3 N–H and O–H groups in total. The van der Waals surface area contributed by atoms with E-state index < -0.39 is 0 Å². The van der Waals surface area contributed by atoms with Crippen molar-refractivity contribution in [2.24, 2.45) is 11.1 Å². The van der Waals surface area contributed by atoms with Crippen molar-refractivity contribution in [3.8, 4) is 0 Å². The summed E-state index contributed by atoms with van der Waals surface area (Å²) in [6.45, 7) is 9.55. The Kier molecular flexibility index (Phi) is 6.46. The zero-order valence-corrected chi connectivity index (χ0v) is 13.6. The van der Waals surface area contributed by atoms with Gasteiger partial charge in [0.2, 0.25) is 5.91 Å². The van der Waals surface area contributed by atoms with Gasteiger partial charge in [0.05, 0.1) is 11.0 Å². The van der Waals surface area contributed by atoms with Gasteiger partial charge in [-0.1, -0.05) is 26.7 Å². The first-order chi connectivity index (χ1) is 9.39. The van der Waals surface area contributed by atoms with Crippen molar-refractivity contribution in [1.82, 2.24) is 5.32 Å². The summed E-state index contributed by atoms with van der Waals surface area (Å²) >= 11 is 0. The van der Waals surface area contributed by atoms with E-state index >= 15 is 0 Å². The van der Waals surface area contributed by atoms with Crippen LogP contribution in [0.3, 0.4) is 0 Å². The molecule has 0 saturated carbocycles. The molecule has 0 bridgehead atoms. The lowest BCUT2D eigenvalue weighted by atomic mass is 9.78. The zero-order valence-electron chi connectivity index (χ0n) is 13.6. The van der Waals surface area contributed by atoms with Gasteiger partial charge in [0.25, 0.3) is 0 Å². The molecule has 4 heteroatoms. The number of ether oxygens (including phenoxy) is 1. The summed E-state index contributed by atoms with van der Waals surface area (Å²) in [5.41, 5.74) is 5.43. The van der Waals surface area contributed by atoms with E-state index in [1.807, 2.05) is 0 Å². The second kappa shape index (κ2) is 7.41. The summed E-state index contributed by atoms with van der Waals surface area (Å²) < 4.78 is 5.71. The molecule has 118 valence electrons. The van der Waals surface area contributed by atoms with Gasteiger partial charge in [0, 0.05) is 19.2 Å². The van der Waals surface area contributed by atoms with Crippen molar-refractivity contribution in [3.05, 3.63) is 0 Å². The highest BCUT2D eigenvalue weighted by atomic mass is 16.5. The van der Waals surface area contributed by atoms with Crippen molar-refractivity contribution in [3.63, 3.8) is 0 Å². The monoisotopic (exact) mass is 284 g/mol. The molecular formula is C16H32N2O2. The predicted molar refractivity (Wildman–Crippen MR) is 82.5 cm³/mol. The molecule has 0 aromatic carbocycles. The van der Waals surface area contributed by atoms with Gasteiger partial charge in [-0.2, -0.15) is 0 Å². The van der Waals surface area contributed by atoms with Gasteiger partial charge < -0.3 is 15.8 Å². The number of amides is 1. The number of hydrogen-bond acceptors (Lipinski definition) is 3. The first-order valence-electron chi connectivity index (χ1n) is 8.04. The summed E-state index contributed by atoms with van der Waals surface area (Å²) in [5.74, 6) is 0.145.